The molecule has 0 aliphatic rings. The van der Waals surface area contributed by atoms with Gasteiger partial charge in [-0.1, -0.05) is 48.5 Å². The van der Waals surface area contributed by atoms with Gasteiger partial charge in [0.05, 0.1) is 0 Å². The van der Waals surface area contributed by atoms with Crippen molar-refractivity contribution in [3.05, 3.63) is 71.5 Å². The molecule has 0 radical (unpaired) electrons. The lowest BCUT2D eigenvalue weighted by Gasteiger charge is -2.18. The molecule has 2 rings (SSSR count). The van der Waals surface area contributed by atoms with Crippen LogP contribution in [-0.4, -0.2) is 30.9 Å². The molecule has 1 N–H and O–H groups in total. The van der Waals surface area contributed by atoms with Crippen LogP contribution in [0.5, 0.6) is 0 Å². The highest BCUT2D eigenvalue weighted by atomic mass is 19.4. The maximum Gasteiger partial charge on any atom is 0.422 e. The largest absolute Gasteiger partial charge is 0.454 e. The Bertz CT molecular complexity index is 796. The zero-order valence-corrected chi connectivity index (χ0v) is 14.5. The molecule has 150 valence electrons. The predicted molar refractivity (Wildman–Crippen MR) is 90.7 cm³/mol. The Morgan fingerprint density at radius 3 is 2.25 bits per heavy atom. The van der Waals surface area contributed by atoms with Crippen LogP contribution in [0.3, 0.4) is 0 Å². The van der Waals surface area contributed by atoms with Crippen molar-refractivity contribution in [3.63, 3.8) is 0 Å². The fraction of sp³-hybridized carbons (Fsp3) is 0.263. The van der Waals surface area contributed by atoms with Gasteiger partial charge in [-0.3, -0.25) is 0 Å². The second-order valence-electron chi connectivity index (χ2n) is 5.78. The molecular weight excluding hydrogens is 382 g/mol. The number of hydrogen-bond acceptors (Lipinski definition) is 4. The van der Waals surface area contributed by atoms with Gasteiger partial charge in [-0.25, -0.2) is 14.0 Å². The first-order valence-electron chi connectivity index (χ1n) is 8.18. The first kappa shape index (κ1) is 21.2. The van der Waals surface area contributed by atoms with Crippen molar-refractivity contribution >= 4 is 12.1 Å². The number of alkyl carbamates (subject to hydrolysis) is 1. The molecule has 2 aromatic rings. The van der Waals surface area contributed by atoms with E-state index < -0.39 is 43.1 Å². The van der Waals surface area contributed by atoms with Gasteiger partial charge in [0.15, 0.2) is 6.61 Å². The highest BCUT2D eigenvalue weighted by molar-refractivity contribution is 5.81. The Balaban J connectivity index is 2.03. The van der Waals surface area contributed by atoms with Crippen LogP contribution in [0.25, 0.3) is 0 Å². The lowest BCUT2D eigenvalue weighted by atomic mass is 10.1. The van der Waals surface area contributed by atoms with Gasteiger partial charge in [-0.05, 0) is 17.2 Å². The third-order valence-corrected chi connectivity index (χ3v) is 3.55. The van der Waals surface area contributed by atoms with Crippen molar-refractivity contribution in [3.8, 4) is 0 Å². The molecule has 0 aliphatic heterocycles. The normalized spacial score (nSPS) is 12.1. The van der Waals surface area contributed by atoms with Gasteiger partial charge in [-0.15, -0.1) is 0 Å². The Morgan fingerprint density at radius 1 is 0.964 bits per heavy atom. The topological polar surface area (TPSA) is 64.6 Å². The van der Waals surface area contributed by atoms with E-state index in [0.29, 0.717) is 5.56 Å². The Labute approximate surface area is 158 Å². The van der Waals surface area contributed by atoms with Crippen molar-refractivity contribution < 1.29 is 36.6 Å². The van der Waals surface area contributed by atoms with Gasteiger partial charge in [0.1, 0.15) is 18.5 Å². The average Bonchev–Trinajstić information content (AvgIpc) is 2.66. The Kier molecular flexibility index (Phi) is 7.36. The van der Waals surface area contributed by atoms with E-state index >= 15 is 0 Å². The summed E-state index contributed by atoms with van der Waals surface area (Å²) in [7, 11) is 0. The van der Waals surface area contributed by atoms with E-state index in [-0.39, 0.29) is 12.2 Å². The number of carbonyl (C=O) groups excluding carboxylic acids is 2. The fourth-order valence-electron chi connectivity index (χ4n) is 2.24. The minimum absolute atomic E-state index is 0.0276. The maximum atomic E-state index is 13.8. The van der Waals surface area contributed by atoms with E-state index in [9.17, 15) is 27.2 Å². The van der Waals surface area contributed by atoms with E-state index in [1.165, 1.54) is 18.2 Å². The molecule has 0 heterocycles. The number of carbonyl (C=O) groups is 2. The summed E-state index contributed by atoms with van der Waals surface area (Å²) in [6.45, 7) is -1.93. The highest BCUT2D eigenvalue weighted by Gasteiger charge is 2.32. The van der Waals surface area contributed by atoms with Crippen molar-refractivity contribution in [2.45, 2.75) is 25.2 Å². The van der Waals surface area contributed by atoms with Crippen molar-refractivity contribution in [2.75, 3.05) is 6.61 Å². The van der Waals surface area contributed by atoms with Crippen molar-refractivity contribution in [2.24, 2.45) is 0 Å². The SMILES string of the molecule is O=C(N[C@@H](Cc1ccccc1F)C(=O)OCC(F)(F)F)OCc1ccccc1. The molecule has 5 nitrogen and oxygen atoms in total. The third kappa shape index (κ3) is 7.26. The van der Waals surface area contributed by atoms with Crippen LogP contribution in [0.2, 0.25) is 0 Å². The first-order chi connectivity index (χ1) is 13.2. The molecule has 2 aromatic carbocycles. The molecule has 0 fully saturated rings. The zero-order chi connectivity index (χ0) is 20.6. The second-order valence-corrected chi connectivity index (χ2v) is 5.78. The van der Waals surface area contributed by atoms with E-state index in [0.717, 1.165) is 6.07 Å². The maximum absolute atomic E-state index is 13.8. The van der Waals surface area contributed by atoms with Gasteiger partial charge < -0.3 is 14.8 Å². The van der Waals surface area contributed by atoms with Gasteiger partial charge in [0.25, 0.3) is 0 Å². The molecule has 1 amide bonds. The van der Waals surface area contributed by atoms with Crippen LogP contribution in [0.15, 0.2) is 54.6 Å². The summed E-state index contributed by atoms with van der Waals surface area (Å²) in [5.74, 6) is -2.02. The number of hydrogen-bond donors (Lipinski definition) is 1. The van der Waals surface area contributed by atoms with Crippen LogP contribution in [-0.2, 0) is 27.3 Å². The number of halogens is 4. The summed E-state index contributed by atoms with van der Waals surface area (Å²) < 4.78 is 59.8. The average molecular weight is 399 g/mol. The predicted octanol–water partition coefficient (Wildman–Crippen LogP) is 3.77. The molecule has 1 atom stereocenters. The number of alkyl halides is 3. The molecule has 0 saturated carbocycles. The van der Waals surface area contributed by atoms with E-state index in [4.69, 9.17) is 4.74 Å². The number of rotatable bonds is 7. The number of amides is 1. The van der Waals surface area contributed by atoms with E-state index in [2.05, 4.69) is 10.1 Å². The number of nitrogens with one attached hydrogen (secondary N) is 1. The molecule has 0 aromatic heterocycles. The molecule has 0 bridgehead atoms. The minimum Gasteiger partial charge on any atom is -0.454 e. The van der Waals surface area contributed by atoms with Crippen LogP contribution >= 0.6 is 0 Å². The molecule has 0 aliphatic carbocycles. The van der Waals surface area contributed by atoms with Crippen LogP contribution in [0.4, 0.5) is 22.4 Å². The molecule has 0 saturated heterocycles. The van der Waals surface area contributed by atoms with E-state index in [1.54, 1.807) is 30.3 Å². The summed E-state index contributed by atoms with van der Waals surface area (Å²) in [5, 5.41) is 2.13. The quantitative estimate of drug-likeness (QED) is 0.569. The Morgan fingerprint density at radius 2 is 1.61 bits per heavy atom. The number of benzene rings is 2. The summed E-state index contributed by atoms with van der Waals surface area (Å²) in [6.07, 6.45) is -6.18. The van der Waals surface area contributed by atoms with Gasteiger partial charge in [-0.2, -0.15) is 13.2 Å². The molecule has 28 heavy (non-hydrogen) atoms. The standard InChI is InChI=1S/C19H17F4NO4/c20-15-9-5-4-8-14(15)10-16(17(25)28-12-19(21,22)23)24-18(26)27-11-13-6-2-1-3-7-13/h1-9,16H,10-12H2,(H,24,26)/t16-/m0/s1. The summed E-state index contributed by atoms with van der Waals surface area (Å²) in [5.41, 5.74) is 0.697. The summed E-state index contributed by atoms with van der Waals surface area (Å²) in [6, 6.07) is 12.4. The molecule has 0 spiro atoms. The van der Waals surface area contributed by atoms with Crippen LogP contribution < -0.4 is 5.32 Å². The van der Waals surface area contributed by atoms with Gasteiger partial charge >= 0.3 is 18.2 Å². The minimum atomic E-state index is -4.73. The first-order valence-corrected chi connectivity index (χ1v) is 8.18. The summed E-state index contributed by atoms with van der Waals surface area (Å²) >= 11 is 0. The van der Waals surface area contributed by atoms with Crippen LogP contribution in [0.1, 0.15) is 11.1 Å². The highest BCUT2D eigenvalue weighted by Crippen LogP contribution is 2.16. The zero-order valence-electron chi connectivity index (χ0n) is 14.5. The lowest BCUT2D eigenvalue weighted by molar-refractivity contribution is -0.187. The molecule has 9 heteroatoms. The number of ether oxygens (including phenoxy) is 2. The fourth-order valence-corrected chi connectivity index (χ4v) is 2.24. The summed E-state index contributed by atoms with van der Waals surface area (Å²) in [4.78, 5) is 24.0. The van der Waals surface area contributed by atoms with Gasteiger partial charge in [0.2, 0.25) is 0 Å². The lowest BCUT2D eigenvalue weighted by Crippen LogP contribution is -2.44. The third-order valence-electron chi connectivity index (χ3n) is 3.55. The number of esters is 1. The second kappa shape index (κ2) is 9.72. The molecule has 0 unspecified atom stereocenters. The molecular formula is C19H17F4NO4. The Hall–Kier alpha value is -3.10. The van der Waals surface area contributed by atoms with Crippen molar-refractivity contribution in [1.29, 1.82) is 0 Å². The smallest absolute Gasteiger partial charge is 0.422 e. The van der Waals surface area contributed by atoms with Crippen molar-refractivity contribution in [1.82, 2.24) is 5.32 Å². The monoisotopic (exact) mass is 399 g/mol. The van der Waals surface area contributed by atoms with Gasteiger partial charge in [0, 0.05) is 6.42 Å². The van der Waals surface area contributed by atoms with Crippen LogP contribution in [0, 0.1) is 5.82 Å². The van der Waals surface area contributed by atoms with E-state index in [1.807, 2.05) is 0 Å².